The minimum Gasteiger partial charge on any atom is -0.367 e. The topological polar surface area (TPSA) is 84.9 Å². The number of aromatic nitrogens is 2. The van der Waals surface area contributed by atoms with Crippen molar-refractivity contribution in [3.8, 4) is 22.4 Å². The van der Waals surface area contributed by atoms with Crippen molar-refractivity contribution in [1.29, 1.82) is 0 Å². The molecule has 21 heavy (non-hydrogen) atoms. The first kappa shape index (κ1) is 13.0. The quantitative estimate of drug-likeness (QED) is 0.759. The van der Waals surface area contributed by atoms with E-state index in [0.29, 0.717) is 5.56 Å². The SMILES string of the molecule is Nc1onc(-c2ccc(=O)[nH]c2)c1-c1cc(F)cc(F)c1. The van der Waals surface area contributed by atoms with Gasteiger partial charge in [0, 0.05) is 23.9 Å². The lowest BCUT2D eigenvalue weighted by atomic mass is 10.0. The number of pyridine rings is 1. The van der Waals surface area contributed by atoms with Crippen LogP contribution in [0.4, 0.5) is 14.7 Å². The molecule has 0 spiro atoms. The van der Waals surface area contributed by atoms with Crippen LogP contribution in [-0.4, -0.2) is 10.1 Å². The van der Waals surface area contributed by atoms with Gasteiger partial charge in [0.2, 0.25) is 11.4 Å². The molecule has 0 aliphatic rings. The summed E-state index contributed by atoms with van der Waals surface area (Å²) in [6.07, 6.45) is 1.42. The molecule has 1 aromatic carbocycles. The number of benzene rings is 1. The summed E-state index contributed by atoms with van der Waals surface area (Å²) in [6, 6.07) is 5.82. The molecule has 3 aromatic rings. The van der Waals surface area contributed by atoms with Crippen molar-refractivity contribution in [3.05, 3.63) is 58.5 Å². The molecule has 0 saturated carbocycles. The van der Waals surface area contributed by atoms with Gasteiger partial charge in [0.05, 0.1) is 5.56 Å². The maximum absolute atomic E-state index is 13.4. The summed E-state index contributed by atoms with van der Waals surface area (Å²) in [7, 11) is 0. The zero-order chi connectivity index (χ0) is 15.0. The summed E-state index contributed by atoms with van der Waals surface area (Å²) in [4.78, 5) is 13.6. The zero-order valence-corrected chi connectivity index (χ0v) is 10.6. The molecule has 106 valence electrons. The lowest BCUT2D eigenvalue weighted by molar-refractivity contribution is 0.439. The average molecular weight is 289 g/mol. The highest BCUT2D eigenvalue weighted by Gasteiger charge is 2.18. The highest BCUT2D eigenvalue weighted by atomic mass is 19.1. The maximum atomic E-state index is 13.4. The molecule has 7 heteroatoms. The fourth-order valence-electron chi connectivity index (χ4n) is 2.03. The average Bonchev–Trinajstić information content (AvgIpc) is 2.80. The molecule has 2 aromatic heterocycles. The van der Waals surface area contributed by atoms with Crippen LogP contribution in [0.25, 0.3) is 22.4 Å². The van der Waals surface area contributed by atoms with Gasteiger partial charge in [-0.05, 0) is 23.8 Å². The molecule has 0 aliphatic heterocycles. The third kappa shape index (κ3) is 2.40. The number of halogens is 2. The van der Waals surface area contributed by atoms with Crippen LogP contribution >= 0.6 is 0 Å². The Bertz CT molecular complexity index is 830. The number of nitrogens with one attached hydrogen (secondary N) is 1. The Morgan fingerprint density at radius 2 is 1.81 bits per heavy atom. The fraction of sp³-hybridized carbons (Fsp3) is 0. The molecule has 0 amide bonds. The van der Waals surface area contributed by atoms with Gasteiger partial charge in [-0.15, -0.1) is 0 Å². The summed E-state index contributed by atoms with van der Waals surface area (Å²) >= 11 is 0. The Morgan fingerprint density at radius 3 is 2.43 bits per heavy atom. The van der Waals surface area contributed by atoms with Gasteiger partial charge in [0.1, 0.15) is 17.3 Å². The van der Waals surface area contributed by atoms with Crippen LogP contribution in [0.1, 0.15) is 0 Å². The van der Waals surface area contributed by atoms with Crippen molar-refractivity contribution >= 4 is 5.88 Å². The number of nitrogen functional groups attached to an aromatic ring is 1. The summed E-state index contributed by atoms with van der Waals surface area (Å²) in [5.41, 5.74) is 6.67. The van der Waals surface area contributed by atoms with E-state index in [-0.39, 0.29) is 28.3 Å². The van der Waals surface area contributed by atoms with E-state index in [1.54, 1.807) is 0 Å². The molecular formula is C14H9F2N3O2. The van der Waals surface area contributed by atoms with Gasteiger partial charge in [0.15, 0.2) is 0 Å². The fourth-order valence-corrected chi connectivity index (χ4v) is 2.03. The summed E-state index contributed by atoms with van der Waals surface area (Å²) in [5, 5.41) is 3.78. The van der Waals surface area contributed by atoms with Gasteiger partial charge in [-0.1, -0.05) is 5.16 Å². The van der Waals surface area contributed by atoms with E-state index < -0.39 is 11.6 Å². The summed E-state index contributed by atoms with van der Waals surface area (Å²) in [5.74, 6) is -1.54. The first-order valence-electron chi connectivity index (χ1n) is 5.95. The number of H-pyrrole nitrogens is 1. The van der Waals surface area contributed by atoms with Gasteiger partial charge >= 0.3 is 0 Å². The lowest BCUT2D eigenvalue weighted by Gasteiger charge is -2.03. The number of nitrogens with two attached hydrogens (primary N) is 1. The van der Waals surface area contributed by atoms with Crippen LogP contribution in [-0.2, 0) is 0 Å². The zero-order valence-electron chi connectivity index (χ0n) is 10.6. The molecule has 2 heterocycles. The Balaban J connectivity index is 2.21. The molecule has 3 rings (SSSR count). The third-order valence-electron chi connectivity index (χ3n) is 2.93. The second kappa shape index (κ2) is 4.86. The van der Waals surface area contributed by atoms with E-state index in [2.05, 4.69) is 10.1 Å². The Kier molecular flexibility index (Phi) is 3.02. The lowest BCUT2D eigenvalue weighted by Crippen LogP contribution is -2.01. The van der Waals surface area contributed by atoms with E-state index in [9.17, 15) is 13.6 Å². The van der Waals surface area contributed by atoms with Gasteiger partial charge in [-0.2, -0.15) is 0 Å². The molecule has 0 aliphatic carbocycles. The van der Waals surface area contributed by atoms with Crippen molar-refractivity contribution < 1.29 is 13.3 Å². The number of hydrogen-bond acceptors (Lipinski definition) is 4. The van der Waals surface area contributed by atoms with Gasteiger partial charge in [-0.3, -0.25) is 4.79 Å². The van der Waals surface area contributed by atoms with Crippen LogP contribution in [0.5, 0.6) is 0 Å². The van der Waals surface area contributed by atoms with Gasteiger partial charge < -0.3 is 15.2 Å². The Hall–Kier alpha value is -2.96. The minimum absolute atomic E-state index is 0.0683. The number of anilines is 1. The second-order valence-electron chi connectivity index (χ2n) is 4.37. The number of rotatable bonds is 2. The van der Waals surface area contributed by atoms with Crippen molar-refractivity contribution in [2.45, 2.75) is 0 Å². The molecule has 0 radical (unpaired) electrons. The molecule has 0 fully saturated rings. The highest BCUT2D eigenvalue weighted by molar-refractivity contribution is 5.86. The highest BCUT2D eigenvalue weighted by Crippen LogP contribution is 2.36. The number of hydrogen-bond donors (Lipinski definition) is 2. The monoisotopic (exact) mass is 289 g/mol. The van der Waals surface area contributed by atoms with Crippen LogP contribution in [0, 0.1) is 11.6 Å². The minimum atomic E-state index is -0.738. The van der Waals surface area contributed by atoms with Crippen molar-refractivity contribution in [2.75, 3.05) is 5.73 Å². The molecule has 0 saturated heterocycles. The van der Waals surface area contributed by atoms with E-state index in [1.807, 2.05) is 0 Å². The normalized spacial score (nSPS) is 10.8. The standard InChI is InChI=1S/C14H9F2N3O2/c15-9-3-8(4-10(16)5-9)12-13(19-21-14(12)17)7-1-2-11(20)18-6-7/h1-6H,17H2,(H,18,20). The van der Waals surface area contributed by atoms with Crippen molar-refractivity contribution in [1.82, 2.24) is 10.1 Å². The smallest absolute Gasteiger partial charge is 0.247 e. The van der Waals surface area contributed by atoms with E-state index in [4.69, 9.17) is 10.3 Å². The number of aromatic amines is 1. The molecular weight excluding hydrogens is 280 g/mol. The summed E-state index contributed by atoms with van der Waals surface area (Å²) in [6.45, 7) is 0. The van der Waals surface area contributed by atoms with Crippen LogP contribution in [0.3, 0.4) is 0 Å². The van der Waals surface area contributed by atoms with Gasteiger partial charge in [-0.25, -0.2) is 8.78 Å². The molecule has 3 N–H and O–H groups in total. The first-order chi connectivity index (χ1) is 10.0. The van der Waals surface area contributed by atoms with Crippen LogP contribution in [0.15, 0.2) is 45.8 Å². The molecule has 0 unspecified atom stereocenters. The van der Waals surface area contributed by atoms with Crippen LogP contribution < -0.4 is 11.3 Å². The molecule has 0 atom stereocenters. The maximum Gasteiger partial charge on any atom is 0.247 e. The largest absolute Gasteiger partial charge is 0.367 e. The van der Waals surface area contributed by atoms with Crippen LogP contribution in [0.2, 0.25) is 0 Å². The third-order valence-corrected chi connectivity index (χ3v) is 2.93. The molecule has 0 bridgehead atoms. The van der Waals surface area contributed by atoms with E-state index >= 15 is 0 Å². The second-order valence-corrected chi connectivity index (χ2v) is 4.37. The predicted octanol–water partition coefficient (Wildman–Crippen LogP) is 2.56. The van der Waals surface area contributed by atoms with E-state index in [0.717, 1.165) is 18.2 Å². The predicted molar refractivity (Wildman–Crippen MR) is 72.3 cm³/mol. The Labute approximate surface area is 117 Å². The molecule has 5 nitrogen and oxygen atoms in total. The Morgan fingerprint density at radius 1 is 1.10 bits per heavy atom. The number of nitrogens with zero attached hydrogens (tertiary/aromatic N) is 1. The van der Waals surface area contributed by atoms with Gasteiger partial charge in [0.25, 0.3) is 0 Å². The van der Waals surface area contributed by atoms with E-state index in [1.165, 1.54) is 18.3 Å². The van der Waals surface area contributed by atoms with Crippen molar-refractivity contribution in [3.63, 3.8) is 0 Å². The van der Waals surface area contributed by atoms with Crippen molar-refractivity contribution in [2.24, 2.45) is 0 Å². The first-order valence-corrected chi connectivity index (χ1v) is 5.95. The summed E-state index contributed by atoms with van der Waals surface area (Å²) < 4.78 is 31.6.